The highest BCUT2D eigenvalue weighted by Gasteiger charge is 2.12. The van der Waals surface area contributed by atoms with E-state index in [9.17, 15) is 14.0 Å². The second-order valence-corrected chi connectivity index (χ2v) is 2.41. The lowest BCUT2D eigenvalue weighted by atomic mass is 10.5. The maximum absolute atomic E-state index is 12.8. The van der Waals surface area contributed by atoms with E-state index in [1.54, 1.807) is 4.98 Å². The number of H-pyrrole nitrogens is 1. The Labute approximate surface area is 77.8 Å². The highest BCUT2D eigenvalue weighted by Crippen LogP contribution is 2.05. The van der Waals surface area contributed by atoms with Crippen LogP contribution < -0.4 is 11.2 Å². The second kappa shape index (κ2) is 3.79. The van der Waals surface area contributed by atoms with Crippen molar-refractivity contribution in [1.29, 1.82) is 0 Å². The fourth-order valence-corrected chi connectivity index (χ4v) is 0.840. The van der Waals surface area contributed by atoms with Gasteiger partial charge >= 0.3 is 5.69 Å². The number of aromatic amines is 1. The third kappa shape index (κ3) is 1.66. The van der Waals surface area contributed by atoms with Crippen molar-refractivity contribution in [2.75, 3.05) is 0 Å². The van der Waals surface area contributed by atoms with E-state index in [1.165, 1.54) is 6.92 Å². The SMILES string of the molecule is CC#CCn1c(O)c(F)c(=O)[nH]c1=O. The van der Waals surface area contributed by atoms with E-state index in [1.807, 2.05) is 0 Å². The third-order valence-electron chi connectivity index (χ3n) is 1.53. The Morgan fingerprint density at radius 2 is 2.21 bits per heavy atom. The van der Waals surface area contributed by atoms with E-state index in [-0.39, 0.29) is 6.54 Å². The molecule has 5 nitrogen and oxygen atoms in total. The predicted molar refractivity (Wildman–Crippen MR) is 46.4 cm³/mol. The van der Waals surface area contributed by atoms with Gasteiger partial charge in [-0.05, 0) is 6.92 Å². The number of nitrogens with one attached hydrogen (secondary N) is 1. The van der Waals surface area contributed by atoms with Crippen molar-refractivity contribution in [3.8, 4) is 17.7 Å². The van der Waals surface area contributed by atoms with Crippen molar-refractivity contribution in [3.05, 3.63) is 26.7 Å². The average Bonchev–Trinajstić information content (AvgIpc) is 2.14. The number of aromatic hydroxyl groups is 1. The van der Waals surface area contributed by atoms with Crippen molar-refractivity contribution in [2.24, 2.45) is 0 Å². The smallest absolute Gasteiger partial charge is 0.332 e. The zero-order valence-corrected chi connectivity index (χ0v) is 7.30. The molecule has 14 heavy (non-hydrogen) atoms. The molecule has 2 N–H and O–H groups in total. The van der Waals surface area contributed by atoms with Gasteiger partial charge in [0.2, 0.25) is 11.7 Å². The minimum Gasteiger partial charge on any atom is -0.492 e. The molecule has 1 heterocycles. The Morgan fingerprint density at radius 1 is 1.57 bits per heavy atom. The van der Waals surface area contributed by atoms with E-state index < -0.39 is 22.9 Å². The molecule has 1 rings (SSSR count). The Bertz CT molecular complexity index is 518. The van der Waals surface area contributed by atoms with Crippen molar-refractivity contribution >= 4 is 0 Å². The first-order chi connectivity index (χ1) is 6.57. The van der Waals surface area contributed by atoms with Crippen LogP contribution in [-0.2, 0) is 6.54 Å². The van der Waals surface area contributed by atoms with Crippen LogP contribution in [0.25, 0.3) is 0 Å². The largest absolute Gasteiger partial charge is 0.492 e. The lowest BCUT2D eigenvalue weighted by Gasteiger charge is -2.02. The molecule has 0 aromatic carbocycles. The van der Waals surface area contributed by atoms with Crippen molar-refractivity contribution < 1.29 is 9.50 Å². The van der Waals surface area contributed by atoms with Gasteiger partial charge in [-0.15, -0.1) is 5.92 Å². The number of aromatic nitrogens is 2. The van der Waals surface area contributed by atoms with Crippen LogP contribution in [0.5, 0.6) is 5.88 Å². The summed E-state index contributed by atoms with van der Waals surface area (Å²) in [5, 5.41) is 9.09. The highest BCUT2D eigenvalue weighted by atomic mass is 19.1. The standard InChI is InChI=1S/C8H7FN2O3/c1-2-3-4-11-7(13)5(9)6(12)10-8(11)14/h13H,4H2,1H3,(H,10,12,14). The Morgan fingerprint density at radius 3 is 2.79 bits per heavy atom. The maximum Gasteiger partial charge on any atom is 0.332 e. The summed E-state index contributed by atoms with van der Waals surface area (Å²) in [5.74, 6) is 2.54. The first-order valence-corrected chi connectivity index (χ1v) is 3.69. The highest BCUT2D eigenvalue weighted by molar-refractivity contribution is 5.11. The molecule has 1 aromatic rings. The van der Waals surface area contributed by atoms with Gasteiger partial charge < -0.3 is 5.11 Å². The summed E-state index contributed by atoms with van der Waals surface area (Å²) in [6, 6.07) is 0. The molecule has 0 amide bonds. The number of hydrogen-bond donors (Lipinski definition) is 2. The molecule has 0 saturated heterocycles. The minimum absolute atomic E-state index is 0.172. The number of halogens is 1. The molecule has 0 radical (unpaired) electrons. The van der Waals surface area contributed by atoms with Gasteiger partial charge in [0.05, 0.1) is 6.54 Å². The van der Waals surface area contributed by atoms with Crippen LogP contribution in [0.1, 0.15) is 6.92 Å². The van der Waals surface area contributed by atoms with Crippen LogP contribution in [0.3, 0.4) is 0 Å². The maximum atomic E-state index is 12.8. The molecule has 0 bridgehead atoms. The molecule has 0 atom stereocenters. The van der Waals surface area contributed by atoms with Crippen LogP contribution in [0, 0.1) is 17.7 Å². The van der Waals surface area contributed by atoms with Gasteiger partial charge in [0.25, 0.3) is 5.56 Å². The van der Waals surface area contributed by atoms with Crippen LogP contribution in [0.2, 0.25) is 0 Å². The quantitative estimate of drug-likeness (QED) is 0.592. The molecular formula is C8H7FN2O3. The summed E-state index contributed by atoms with van der Waals surface area (Å²) in [7, 11) is 0. The Kier molecular flexibility index (Phi) is 2.72. The van der Waals surface area contributed by atoms with Gasteiger partial charge in [0.1, 0.15) is 0 Å². The summed E-state index contributed by atoms with van der Waals surface area (Å²) in [6.45, 7) is 1.36. The summed E-state index contributed by atoms with van der Waals surface area (Å²) in [4.78, 5) is 23.4. The predicted octanol–water partition coefficient (Wildman–Crippen LogP) is -0.595. The van der Waals surface area contributed by atoms with E-state index in [0.717, 1.165) is 0 Å². The molecule has 0 saturated carbocycles. The van der Waals surface area contributed by atoms with Gasteiger partial charge in [-0.3, -0.25) is 9.78 Å². The van der Waals surface area contributed by atoms with Crippen LogP contribution >= 0.6 is 0 Å². The molecule has 0 aliphatic rings. The van der Waals surface area contributed by atoms with Gasteiger partial charge in [0.15, 0.2) is 0 Å². The summed E-state index contributed by atoms with van der Waals surface area (Å²) in [6.07, 6.45) is 0. The lowest BCUT2D eigenvalue weighted by Crippen LogP contribution is -2.31. The van der Waals surface area contributed by atoms with Crippen LogP contribution in [0.15, 0.2) is 9.59 Å². The molecule has 0 unspecified atom stereocenters. The first kappa shape index (κ1) is 10.1. The zero-order chi connectivity index (χ0) is 10.7. The number of nitrogens with zero attached hydrogens (tertiary/aromatic N) is 1. The molecular weight excluding hydrogens is 191 g/mol. The van der Waals surface area contributed by atoms with Gasteiger partial charge in [-0.1, -0.05) is 5.92 Å². The summed E-state index contributed by atoms with van der Waals surface area (Å²) >= 11 is 0. The molecule has 0 aliphatic carbocycles. The summed E-state index contributed by atoms with van der Waals surface area (Å²) in [5.41, 5.74) is -2.13. The first-order valence-electron chi connectivity index (χ1n) is 3.69. The van der Waals surface area contributed by atoms with Gasteiger partial charge in [-0.25, -0.2) is 9.36 Å². The summed E-state index contributed by atoms with van der Waals surface area (Å²) < 4.78 is 13.4. The second-order valence-electron chi connectivity index (χ2n) is 2.41. The third-order valence-corrected chi connectivity index (χ3v) is 1.53. The fraction of sp³-hybridized carbons (Fsp3) is 0.250. The molecule has 0 aliphatic heterocycles. The Balaban J connectivity index is 3.42. The number of hydrogen-bond acceptors (Lipinski definition) is 3. The van der Waals surface area contributed by atoms with Gasteiger partial charge in [0, 0.05) is 0 Å². The lowest BCUT2D eigenvalue weighted by molar-refractivity contribution is 0.370. The molecule has 6 heteroatoms. The minimum atomic E-state index is -1.39. The van der Waals surface area contributed by atoms with Crippen molar-refractivity contribution in [2.45, 2.75) is 13.5 Å². The van der Waals surface area contributed by atoms with Crippen LogP contribution in [0.4, 0.5) is 4.39 Å². The average molecular weight is 198 g/mol. The van der Waals surface area contributed by atoms with Crippen LogP contribution in [-0.4, -0.2) is 14.7 Å². The van der Waals surface area contributed by atoms with E-state index in [0.29, 0.717) is 4.57 Å². The molecule has 0 spiro atoms. The van der Waals surface area contributed by atoms with E-state index in [2.05, 4.69) is 11.8 Å². The van der Waals surface area contributed by atoms with Crippen molar-refractivity contribution in [3.63, 3.8) is 0 Å². The number of rotatable bonds is 1. The fourth-order valence-electron chi connectivity index (χ4n) is 0.840. The van der Waals surface area contributed by atoms with E-state index in [4.69, 9.17) is 5.11 Å². The molecule has 0 fully saturated rings. The molecule has 74 valence electrons. The topological polar surface area (TPSA) is 75.1 Å². The monoisotopic (exact) mass is 198 g/mol. The van der Waals surface area contributed by atoms with Crippen molar-refractivity contribution in [1.82, 2.24) is 9.55 Å². The molecule has 1 aromatic heterocycles. The van der Waals surface area contributed by atoms with Gasteiger partial charge in [-0.2, -0.15) is 4.39 Å². The Hall–Kier alpha value is -2.03. The normalized spacial score (nSPS) is 9.29. The van der Waals surface area contributed by atoms with E-state index >= 15 is 0 Å². The zero-order valence-electron chi connectivity index (χ0n) is 7.30.